The number of carbonyl (C=O) groups excluding carboxylic acids is 2. The van der Waals surface area contributed by atoms with Crippen LogP contribution in [0.1, 0.15) is 15.9 Å². The molecule has 2 aromatic carbocycles. The summed E-state index contributed by atoms with van der Waals surface area (Å²) in [6.07, 6.45) is 0. The van der Waals surface area contributed by atoms with Gasteiger partial charge in [0.15, 0.2) is 0 Å². The van der Waals surface area contributed by atoms with Crippen LogP contribution in [0.25, 0.3) is 0 Å². The van der Waals surface area contributed by atoms with E-state index in [0.717, 1.165) is 37.2 Å². The molecule has 0 saturated carbocycles. The highest BCUT2D eigenvalue weighted by atomic mass is 79.9. The molecule has 2 amide bonds. The fourth-order valence-electron chi connectivity index (χ4n) is 3.10. The molecule has 5 nitrogen and oxygen atoms in total. The standard InChI is InChI=1S/C20H22BrN3O2/c21-18-8-6-17(7-9-18)20(26)22-14-19(25)24-12-10-23(11-13-24)15-16-4-2-1-3-5-16/h1-9H,10-15H2,(H,22,26)/p+1. The lowest BCUT2D eigenvalue weighted by molar-refractivity contribution is -0.917. The largest absolute Gasteiger partial charge is 0.343 e. The average molecular weight is 417 g/mol. The van der Waals surface area contributed by atoms with E-state index in [0.29, 0.717) is 5.56 Å². The van der Waals surface area contributed by atoms with Gasteiger partial charge in [-0.3, -0.25) is 9.59 Å². The third-order valence-corrected chi connectivity index (χ3v) is 5.16. The highest BCUT2D eigenvalue weighted by Gasteiger charge is 2.23. The van der Waals surface area contributed by atoms with Gasteiger partial charge < -0.3 is 15.1 Å². The van der Waals surface area contributed by atoms with Crippen molar-refractivity contribution in [1.29, 1.82) is 0 Å². The molecule has 2 N–H and O–H groups in total. The van der Waals surface area contributed by atoms with Crippen LogP contribution in [0.2, 0.25) is 0 Å². The molecule has 1 heterocycles. The zero-order valence-corrected chi connectivity index (χ0v) is 16.2. The Bertz CT molecular complexity index is 741. The molecule has 26 heavy (non-hydrogen) atoms. The van der Waals surface area contributed by atoms with Crippen molar-refractivity contribution in [3.8, 4) is 0 Å². The SMILES string of the molecule is O=C(NCC(=O)N1CC[NH+](Cc2ccccc2)CC1)c1ccc(Br)cc1. The molecule has 2 aromatic rings. The number of nitrogens with one attached hydrogen (secondary N) is 2. The molecule has 3 rings (SSSR count). The number of hydrogen-bond acceptors (Lipinski definition) is 2. The second-order valence-corrected chi connectivity index (χ2v) is 7.40. The summed E-state index contributed by atoms with van der Waals surface area (Å²) in [4.78, 5) is 27.8. The minimum Gasteiger partial charge on any atom is -0.343 e. The minimum absolute atomic E-state index is 0.0192. The lowest BCUT2D eigenvalue weighted by atomic mass is 10.2. The lowest BCUT2D eigenvalue weighted by Gasteiger charge is -2.32. The van der Waals surface area contributed by atoms with Gasteiger partial charge in [0.05, 0.1) is 32.7 Å². The van der Waals surface area contributed by atoms with Gasteiger partial charge in [0, 0.05) is 15.6 Å². The molecular formula is C20H23BrN3O2+. The number of piperazine rings is 1. The van der Waals surface area contributed by atoms with Crippen LogP contribution in [-0.4, -0.2) is 49.4 Å². The molecule has 1 fully saturated rings. The van der Waals surface area contributed by atoms with Gasteiger partial charge >= 0.3 is 0 Å². The predicted octanol–water partition coefficient (Wildman–Crippen LogP) is 1.11. The summed E-state index contributed by atoms with van der Waals surface area (Å²) in [6, 6.07) is 17.5. The highest BCUT2D eigenvalue weighted by molar-refractivity contribution is 9.10. The molecule has 0 bridgehead atoms. The molecule has 0 atom stereocenters. The van der Waals surface area contributed by atoms with Crippen LogP contribution >= 0.6 is 15.9 Å². The van der Waals surface area contributed by atoms with E-state index in [9.17, 15) is 9.59 Å². The summed E-state index contributed by atoms with van der Waals surface area (Å²) < 4.78 is 0.918. The van der Waals surface area contributed by atoms with E-state index >= 15 is 0 Å². The zero-order chi connectivity index (χ0) is 18.4. The number of hydrogen-bond donors (Lipinski definition) is 2. The summed E-state index contributed by atoms with van der Waals surface area (Å²) >= 11 is 3.34. The third-order valence-electron chi connectivity index (χ3n) is 4.63. The summed E-state index contributed by atoms with van der Waals surface area (Å²) in [5.41, 5.74) is 1.88. The first kappa shape index (κ1) is 18.6. The van der Waals surface area contributed by atoms with Crippen molar-refractivity contribution in [3.05, 3.63) is 70.2 Å². The number of carbonyl (C=O) groups is 2. The smallest absolute Gasteiger partial charge is 0.251 e. The van der Waals surface area contributed by atoms with Crippen LogP contribution in [0.5, 0.6) is 0 Å². The second kappa shape index (κ2) is 8.96. The maximum absolute atomic E-state index is 12.3. The summed E-state index contributed by atoms with van der Waals surface area (Å²) in [5, 5.41) is 2.71. The van der Waals surface area contributed by atoms with E-state index in [1.165, 1.54) is 10.5 Å². The molecule has 1 aliphatic heterocycles. The monoisotopic (exact) mass is 416 g/mol. The fraction of sp³-hybridized carbons (Fsp3) is 0.300. The quantitative estimate of drug-likeness (QED) is 0.766. The van der Waals surface area contributed by atoms with Gasteiger partial charge in [-0.2, -0.15) is 0 Å². The first-order valence-electron chi connectivity index (χ1n) is 8.81. The van der Waals surface area contributed by atoms with Crippen molar-refractivity contribution in [3.63, 3.8) is 0 Å². The fourth-order valence-corrected chi connectivity index (χ4v) is 3.37. The van der Waals surface area contributed by atoms with Crippen molar-refractivity contribution < 1.29 is 14.5 Å². The van der Waals surface area contributed by atoms with Gasteiger partial charge in [0.1, 0.15) is 6.54 Å². The lowest BCUT2D eigenvalue weighted by Crippen LogP contribution is -3.13. The van der Waals surface area contributed by atoms with Crippen LogP contribution in [0, 0.1) is 0 Å². The van der Waals surface area contributed by atoms with Crippen molar-refractivity contribution in [2.45, 2.75) is 6.54 Å². The molecular weight excluding hydrogens is 394 g/mol. The highest BCUT2D eigenvalue weighted by Crippen LogP contribution is 2.10. The number of amides is 2. The zero-order valence-electron chi connectivity index (χ0n) is 14.6. The number of benzene rings is 2. The van der Waals surface area contributed by atoms with E-state index in [1.54, 1.807) is 12.1 Å². The van der Waals surface area contributed by atoms with Crippen molar-refractivity contribution in [1.82, 2.24) is 10.2 Å². The Morgan fingerprint density at radius 2 is 1.65 bits per heavy atom. The molecule has 0 unspecified atom stereocenters. The first-order valence-corrected chi connectivity index (χ1v) is 9.60. The van der Waals surface area contributed by atoms with Crippen molar-refractivity contribution >= 4 is 27.7 Å². The van der Waals surface area contributed by atoms with E-state index in [1.807, 2.05) is 23.1 Å². The van der Waals surface area contributed by atoms with Crippen molar-refractivity contribution in [2.24, 2.45) is 0 Å². The van der Waals surface area contributed by atoms with Gasteiger partial charge in [-0.1, -0.05) is 46.3 Å². The van der Waals surface area contributed by atoms with Gasteiger partial charge in [-0.05, 0) is 24.3 Å². The first-order chi connectivity index (χ1) is 12.6. The Kier molecular flexibility index (Phi) is 6.41. The summed E-state index contributed by atoms with van der Waals surface area (Å²) in [6.45, 7) is 4.36. The minimum atomic E-state index is -0.223. The van der Waals surface area contributed by atoms with E-state index in [2.05, 4.69) is 45.5 Å². The molecule has 0 aromatic heterocycles. The Labute approximate surface area is 162 Å². The molecule has 0 radical (unpaired) electrons. The topological polar surface area (TPSA) is 53.9 Å². The normalized spacial score (nSPS) is 14.9. The summed E-state index contributed by atoms with van der Waals surface area (Å²) in [7, 11) is 0. The molecule has 1 aliphatic rings. The Morgan fingerprint density at radius 1 is 1.00 bits per heavy atom. The van der Waals surface area contributed by atoms with Crippen LogP contribution in [0.4, 0.5) is 0 Å². The Morgan fingerprint density at radius 3 is 2.31 bits per heavy atom. The van der Waals surface area contributed by atoms with Crippen LogP contribution in [-0.2, 0) is 11.3 Å². The number of nitrogens with zero attached hydrogens (tertiary/aromatic N) is 1. The number of halogens is 1. The molecule has 0 aliphatic carbocycles. The number of rotatable bonds is 5. The van der Waals surface area contributed by atoms with Crippen LogP contribution in [0.3, 0.4) is 0 Å². The third kappa shape index (κ3) is 5.16. The molecule has 6 heteroatoms. The average Bonchev–Trinajstić information content (AvgIpc) is 2.68. The van der Waals surface area contributed by atoms with E-state index in [4.69, 9.17) is 0 Å². The van der Waals surface area contributed by atoms with Crippen molar-refractivity contribution in [2.75, 3.05) is 32.7 Å². The second-order valence-electron chi connectivity index (χ2n) is 6.48. The van der Waals surface area contributed by atoms with Gasteiger partial charge in [0.25, 0.3) is 5.91 Å². The predicted molar refractivity (Wildman–Crippen MR) is 104 cm³/mol. The summed E-state index contributed by atoms with van der Waals surface area (Å²) in [5.74, 6) is -0.242. The van der Waals surface area contributed by atoms with Gasteiger partial charge in [0.2, 0.25) is 5.91 Å². The van der Waals surface area contributed by atoms with Crippen LogP contribution in [0.15, 0.2) is 59.1 Å². The van der Waals surface area contributed by atoms with E-state index in [-0.39, 0.29) is 18.4 Å². The van der Waals surface area contributed by atoms with Gasteiger partial charge in [-0.15, -0.1) is 0 Å². The maximum Gasteiger partial charge on any atom is 0.251 e. The molecule has 1 saturated heterocycles. The van der Waals surface area contributed by atoms with Crippen LogP contribution < -0.4 is 10.2 Å². The number of quaternary nitrogens is 1. The van der Waals surface area contributed by atoms with E-state index < -0.39 is 0 Å². The molecule has 0 spiro atoms. The van der Waals surface area contributed by atoms with Gasteiger partial charge in [-0.25, -0.2) is 0 Å². The maximum atomic E-state index is 12.3. The Balaban J connectivity index is 1.42. The molecule has 136 valence electrons. The Hall–Kier alpha value is -2.18.